The summed E-state index contributed by atoms with van der Waals surface area (Å²) >= 11 is 5.63. The average Bonchev–Trinajstić information content (AvgIpc) is 2.91. The molecule has 0 aliphatic carbocycles. The number of hydrogen-bond acceptors (Lipinski definition) is 3. The molecule has 0 aliphatic heterocycles. The fraction of sp³-hybridized carbons (Fsp3) is 0.0833. The van der Waals surface area contributed by atoms with E-state index in [-0.39, 0.29) is 17.5 Å². The first-order valence-electron chi connectivity index (χ1n) is 5.40. The van der Waals surface area contributed by atoms with Gasteiger partial charge in [-0.3, -0.25) is 9.89 Å². The largest absolute Gasteiger partial charge is 0.345 e. The van der Waals surface area contributed by atoms with Crippen molar-refractivity contribution in [1.82, 2.24) is 20.5 Å². The molecule has 2 rings (SSSR count). The van der Waals surface area contributed by atoms with Gasteiger partial charge in [0, 0.05) is 6.08 Å². The van der Waals surface area contributed by atoms with Crippen LogP contribution in [0.5, 0.6) is 0 Å². The molecule has 7 heteroatoms. The number of halogens is 2. The van der Waals surface area contributed by atoms with E-state index in [4.69, 9.17) is 11.6 Å². The molecule has 1 aromatic heterocycles. The zero-order valence-corrected chi connectivity index (χ0v) is 10.5. The molecular weight excluding hydrogens is 271 g/mol. The van der Waals surface area contributed by atoms with Crippen molar-refractivity contribution in [2.75, 3.05) is 0 Å². The molecule has 19 heavy (non-hydrogen) atoms. The van der Waals surface area contributed by atoms with Crippen LogP contribution in [0.4, 0.5) is 4.39 Å². The highest BCUT2D eigenvalue weighted by Gasteiger charge is 2.00. The molecular formula is C12H10ClFN4O. The van der Waals surface area contributed by atoms with Crippen LogP contribution in [0.25, 0.3) is 6.08 Å². The normalized spacial score (nSPS) is 10.8. The molecule has 0 unspecified atom stereocenters. The second-order valence-corrected chi connectivity index (χ2v) is 4.06. The second-order valence-electron chi connectivity index (χ2n) is 3.66. The number of carbonyl (C=O) groups excluding carboxylic acids is 1. The van der Waals surface area contributed by atoms with Gasteiger partial charge in [0.1, 0.15) is 18.0 Å². The molecule has 98 valence electrons. The molecule has 0 saturated carbocycles. The van der Waals surface area contributed by atoms with E-state index in [9.17, 15) is 9.18 Å². The van der Waals surface area contributed by atoms with Crippen LogP contribution in [0.15, 0.2) is 30.6 Å². The lowest BCUT2D eigenvalue weighted by atomic mass is 10.2. The van der Waals surface area contributed by atoms with Gasteiger partial charge in [0.05, 0.1) is 11.6 Å². The Morgan fingerprint density at radius 2 is 2.37 bits per heavy atom. The van der Waals surface area contributed by atoms with E-state index in [2.05, 4.69) is 20.5 Å². The lowest BCUT2D eigenvalue weighted by Gasteiger charge is -1.99. The molecule has 0 spiro atoms. The van der Waals surface area contributed by atoms with Crippen molar-refractivity contribution in [2.45, 2.75) is 6.54 Å². The average molecular weight is 281 g/mol. The predicted molar refractivity (Wildman–Crippen MR) is 68.7 cm³/mol. The standard InChI is InChI=1S/C12H10ClFN4O/c13-9-5-8(1-3-10(9)14)2-4-12(19)15-6-11-16-7-17-18-11/h1-5,7H,6H2,(H,15,19)(H,16,17,18)/b4-2+. The summed E-state index contributed by atoms with van der Waals surface area (Å²) in [5.74, 6) is -0.225. The Morgan fingerprint density at radius 3 is 3.05 bits per heavy atom. The molecule has 2 N–H and O–H groups in total. The Bertz CT molecular complexity index is 598. The fourth-order valence-electron chi connectivity index (χ4n) is 1.33. The van der Waals surface area contributed by atoms with Crippen LogP contribution >= 0.6 is 11.6 Å². The molecule has 0 bridgehead atoms. The van der Waals surface area contributed by atoms with E-state index in [1.54, 1.807) is 6.08 Å². The van der Waals surface area contributed by atoms with E-state index in [1.807, 2.05) is 0 Å². The maximum atomic E-state index is 12.9. The number of rotatable bonds is 4. The van der Waals surface area contributed by atoms with Gasteiger partial charge in [-0.1, -0.05) is 17.7 Å². The lowest BCUT2D eigenvalue weighted by Crippen LogP contribution is -2.20. The molecule has 0 radical (unpaired) electrons. The van der Waals surface area contributed by atoms with E-state index in [0.717, 1.165) is 0 Å². The van der Waals surface area contributed by atoms with Gasteiger partial charge in [0.15, 0.2) is 0 Å². The number of nitrogens with one attached hydrogen (secondary N) is 2. The molecule has 5 nitrogen and oxygen atoms in total. The first kappa shape index (κ1) is 13.2. The number of hydrogen-bond donors (Lipinski definition) is 2. The number of aromatic nitrogens is 3. The third kappa shape index (κ3) is 3.89. The summed E-state index contributed by atoms with van der Waals surface area (Å²) in [5, 5.41) is 8.91. The van der Waals surface area contributed by atoms with Crippen LogP contribution in [0, 0.1) is 5.82 Å². The van der Waals surface area contributed by atoms with Gasteiger partial charge < -0.3 is 5.32 Å². The van der Waals surface area contributed by atoms with Crippen molar-refractivity contribution in [3.8, 4) is 0 Å². The predicted octanol–water partition coefficient (Wildman–Crippen LogP) is 1.93. The van der Waals surface area contributed by atoms with Crippen molar-refractivity contribution >= 4 is 23.6 Å². The number of aromatic amines is 1. The molecule has 1 amide bonds. The summed E-state index contributed by atoms with van der Waals surface area (Å²) in [6.07, 6.45) is 4.23. The van der Waals surface area contributed by atoms with Gasteiger partial charge in [-0.25, -0.2) is 9.37 Å². The maximum absolute atomic E-state index is 12.9. The Kier molecular flexibility index (Phi) is 4.25. The Morgan fingerprint density at radius 1 is 1.53 bits per heavy atom. The minimum absolute atomic E-state index is 0.0178. The molecule has 0 fully saturated rings. The number of benzene rings is 1. The summed E-state index contributed by atoms with van der Waals surface area (Å²) in [4.78, 5) is 15.4. The summed E-state index contributed by atoms with van der Waals surface area (Å²) in [7, 11) is 0. The molecule has 2 aromatic rings. The maximum Gasteiger partial charge on any atom is 0.244 e. The minimum atomic E-state index is -0.492. The zero-order valence-electron chi connectivity index (χ0n) is 9.73. The SMILES string of the molecule is O=C(/C=C/c1ccc(F)c(Cl)c1)NCc1ncn[nH]1. The Hall–Kier alpha value is -2.21. The van der Waals surface area contributed by atoms with Crippen LogP contribution in [-0.4, -0.2) is 21.1 Å². The lowest BCUT2D eigenvalue weighted by molar-refractivity contribution is -0.116. The van der Waals surface area contributed by atoms with E-state index in [0.29, 0.717) is 11.4 Å². The van der Waals surface area contributed by atoms with Crippen molar-refractivity contribution in [2.24, 2.45) is 0 Å². The second kappa shape index (κ2) is 6.10. The molecule has 0 saturated heterocycles. The zero-order chi connectivity index (χ0) is 13.7. The van der Waals surface area contributed by atoms with E-state index in [1.165, 1.54) is 30.6 Å². The number of amides is 1. The van der Waals surface area contributed by atoms with Gasteiger partial charge in [-0.05, 0) is 23.8 Å². The Labute approximate surface area is 113 Å². The van der Waals surface area contributed by atoms with Gasteiger partial charge in [0.25, 0.3) is 0 Å². The van der Waals surface area contributed by atoms with Gasteiger partial charge in [-0.15, -0.1) is 0 Å². The number of carbonyl (C=O) groups is 1. The summed E-state index contributed by atoms with van der Waals surface area (Å²) in [6, 6.07) is 4.22. The van der Waals surface area contributed by atoms with Gasteiger partial charge in [-0.2, -0.15) is 5.10 Å². The monoisotopic (exact) mass is 280 g/mol. The van der Waals surface area contributed by atoms with E-state index >= 15 is 0 Å². The minimum Gasteiger partial charge on any atom is -0.345 e. The Balaban J connectivity index is 1.90. The molecule has 1 heterocycles. The van der Waals surface area contributed by atoms with Crippen molar-refractivity contribution < 1.29 is 9.18 Å². The topological polar surface area (TPSA) is 70.7 Å². The fourth-order valence-corrected chi connectivity index (χ4v) is 1.52. The summed E-state index contributed by atoms with van der Waals surface area (Å²) in [5.41, 5.74) is 0.640. The highest BCUT2D eigenvalue weighted by atomic mass is 35.5. The number of nitrogens with zero attached hydrogens (tertiary/aromatic N) is 2. The summed E-state index contributed by atoms with van der Waals surface area (Å²) < 4.78 is 12.9. The van der Waals surface area contributed by atoms with Crippen LogP contribution in [-0.2, 0) is 11.3 Å². The highest BCUT2D eigenvalue weighted by molar-refractivity contribution is 6.30. The first-order chi connectivity index (χ1) is 9.15. The summed E-state index contributed by atoms with van der Waals surface area (Å²) in [6.45, 7) is 0.257. The van der Waals surface area contributed by atoms with Crippen LogP contribution < -0.4 is 5.32 Å². The van der Waals surface area contributed by atoms with Crippen LogP contribution in [0.2, 0.25) is 5.02 Å². The van der Waals surface area contributed by atoms with Crippen molar-refractivity contribution in [3.63, 3.8) is 0 Å². The quantitative estimate of drug-likeness (QED) is 0.841. The number of H-pyrrole nitrogens is 1. The third-order valence-electron chi connectivity index (χ3n) is 2.27. The molecule has 1 aromatic carbocycles. The van der Waals surface area contributed by atoms with Crippen molar-refractivity contribution in [1.29, 1.82) is 0 Å². The first-order valence-corrected chi connectivity index (χ1v) is 5.78. The van der Waals surface area contributed by atoms with Gasteiger partial charge in [0.2, 0.25) is 5.91 Å². The van der Waals surface area contributed by atoms with E-state index < -0.39 is 5.82 Å². The smallest absolute Gasteiger partial charge is 0.244 e. The van der Waals surface area contributed by atoms with Crippen LogP contribution in [0.3, 0.4) is 0 Å². The molecule has 0 aliphatic rings. The van der Waals surface area contributed by atoms with Gasteiger partial charge >= 0.3 is 0 Å². The third-order valence-corrected chi connectivity index (χ3v) is 2.56. The van der Waals surface area contributed by atoms with Crippen LogP contribution in [0.1, 0.15) is 11.4 Å². The highest BCUT2D eigenvalue weighted by Crippen LogP contribution is 2.16. The van der Waals surface area contributed by atoms with Crippen molar-refractivity contribution in [3.05, 3.63) is 52.8 Å². The molecule has 0 atom stereocenters.